The van der Waals surface area contributed by atoms with Gasteiger partial charge in [-0.1, -0.05) is 17.7 Å². The summed E-state index contributed by atoms with van der Waals surface area (Å²) in [4.78, 5) is 0. The second kappa shape index (κ2) is 6.74. The van der Waals surface area contributed by atoms with Crippen LogP contribution in [0.3, 0.4) is 0 Å². The molecule has 1 unspecified atom stereocenters. The van der Waals surface area contributed by atoms with E-state index >= 15 is 0 Å². The third-order valence-electron chi connectivity index (χ3n) is 2.31. The van der Waals surface area contributed by atoms with E-state index in [4.69, 9.17) is 26.8 Å². The molecule has 0 heterocycles. The van der Waals surface area contributed by atoms with Crippen molar-refractivity contribution in [1.29, 1.82) is 0 Å². The molecule has 1 rings (SSSR count). The van der Waals surface area contributed by atoms with Crippen LogP contribution < -0.4 is 10.5 Å². The van der Waals surface area contributed by atoms with Crippen LogP contribution in [0.1, 0.15) is 12.5 Å². The van der Waals surface area contributed by atoms with Gasteiger partial charge in [0, 0.05) is 7.11 Å². The number of ether oxygens (including phenoxy) is 2. The van der Waals surface area contributed by atoms with Gasteiger partial charge in [-0.25, -0.2) is 0 Å². The van der Waals surface area contributed by atoms with Crippen molar-refractivity contribution < 1.29 is 9.47 Å². The largest absolute Gasteiger partial charge is 0.489 e. The molecule has 0 aliphatic carbocycles. The third-order valence-corrected chi connectivity index (χ3v) is 2.60. The monoisotopic (exact) mass is 243 g/mol. The summed E-state index contributed by atoms with van der Waals surface area (Å²) in [6, 6.07) is 5.74. The highest BCUT2D eigenvalue weighted by Crippen LogP contribution is 2.25. The van der Waals surface area contributed by atoms with E-state index in [9.17, 15) is 0 Å². The topological polar surface area (TPSA) is 44.5 Å². The van der Waals surface area contributed by atoms with E-state index in [1.165, 1.54) is 0 Å². The highest BCUT2D eigenvalue weighted by atomic mass is 35.5. The smallest absolute Gasteiger partial charge is 0.138 e. The fraction of sp³-hybridized carbons (Fsp3) is 0.500. The zero-order valence-electron chi connectivity index (χ0n) is 9.70. The van der Waals surface area contributed by atoms with Crippen LogP contribution >= 0.6 is 11.6 Å². The minimum Gasteiger partial charge on any atom is -0.489 e. The minimum atomic E-state index is 0.0554. The molecule has 1 aromatic rings. The molecular formula is C12H18ClNO2. The molecule has 3 nitrogen and oxygen atoms in total. The normalized spacial score (nSPS) is 12.5. The SMILES string of the molecule is COC(C)COc1ccc(CCN)cc1Cl. The Balaban J connectivity index is 2.60. The number of hydrogen-bond donors (Lipinski definition) is 1. The van der Waals surface area contributed by atoms with Crippen molar-refractivity contribution in [3.8, 4) is 5.75 Å². The van der Waals surface area contributed by atoms with Crippen LogP contribution in [0.5, 0.6) is 5.75 Å². The lowest BCUT2D eigenvalue weighted by Crippen LogP contribution is -2.16. The first-order valence-corrected chi connectivity index (χ1v) is 5.69. The van der Waals surface area contributed by atoms with E-state index < -0.39 is 0 Å². The minimum absolute atomic E-state index is 0.0554. The van der Waals surface area contributed by atoms with Gasteiger partial charge in [0.05, 0.1) is 11.1 Å². The fourth-order valence-electron chi connectivity index (χ4n) is 1.26. The highest BCUT2D eigenvalue weighted by molar-refractivity contribution is 6.32. The molecule has 0 amide bonds. The van der Waals surface area contributed by atoms with Gasteiger partial charge in [-0.15, -0.1) is 0 Å². The van der Waals surface area contributed by atoms with Gasteiger partial charge in [0.25, 0.3) is 0 Å². The first-order valence-electron chi connectivity index (χ1n) is 5.31. The fourth-order valence-corrected chi connectivity index (χ4v) is 1.52. The van der Waals surface area contributed by atoms with Gasteiger partial charge < -0.3 is 15.2 Å². The standard InChI is InChI=1S/C12H18ClNO2/c1-9(15-2)8-16-12-4-3-10(5-6-14)7-11(12)13/h3-4,7,9H,5-6,8,14H2,1-2H3. The van der Waals surface area contributed by atoms with Gasteiger partial charge in [-0.2, -0.15) is 0 Å². The maximum Gasteiger partial charge on any atom is 0.138 e. The Morgan fingerprint density at radius 2 is 2.19 bits per heavy atom. The average molecular weight is 244 g/mol. The van der Waals surface area contributed by atoms with E-state index in [1.807, 2.05) is 25.1 Å². The van der Waals surface area contributed by atoms with E-state index in [1.54, 1.807) is 7.11 Å². The molecule has 0 aliphatic rings. The Morgan fingerprint density at radius 3 is 2.75 bits per heavy atom. The van der Waals surface area contributed by atoms with Crippen molar-refractivity contribution in [3.63, 3.8) is 0 Å². The first kappa shape index (κ1) is 13.3. The number of hydrogen-bond acceptors (Lipinski definition) is 3. The predicted molar refractivity (Wildman–Crippen MR) is 66.2 cm³/mol. The van der Waals surface area contributed by atoms with Crippen molar-refractivity contribution in [2.24, 2.45) is 5.73 Å². The zero-order valence-corrected chi connectivity index (χ0v) is 10.5. The summed E-state index contributed by atoms with van der Waals surface area (Å²) in [5.74, 6) is 0.686. The Hall–Kier alpha value is -0.770. The van der Waals surface area contributed by atoms with Crippen LogP contribution in [0.25, 0.3) is 0 Å². The molecule has 0 saturated heterocycles. The number of rotatable bonds is 6. The summed E-state index contributed by atoms with van der Waals surface area (Å²) in [6.07, 6.45) is 0.883. The van der Waals surface area contributed by atoms with Crippen molar-refractivity contribution in [1.82, 2.24) is 0 Å². The summed E-state index contributed by atoms with van der Waals surface area (Å²) in [5, 5.41) is 0.620. The van der Waals surface area contributed by atoms with Crippen LogP contribution in [0, 0.1) is 0 Å². The lowest BCUT2D eigenvalue weighted by molar-refractivity contribution is 0.0717. The average Bonchev–Trinajstić information content (AvgIpc) is 2.28. The lowest BCUT2D eigenvalue weighted by atomic mass is 10.1. The molecular weight excluding hydrogens is 226 g/mol. The van der Waals surface area contributed by atoms with E-state index in [2.05, 4.69) is 0 Å². The number of methoxy groups -OCH3 is 1. The summed E-state index contributed by atoms with van der Waals surface area (Å²) < 4.78 is 10.6. The molecule has 0 fully saturated rings. The first-order chi connectivity index (χ1) is 7.67. The maximum atomic E-state index is 6.09. The highest BCUT2D eigenvalue weighted by Gasteiger charge is 2.05. The molecule has 0 aromatic heterocycles. The van der Waals surface area contributed by atoms with Gasteiger partial charge in [0.1, 0.15) is 12.4 Å². The van der Waals surface area contributed by atoms with E-state index in [-0.39, 0.29) is 6.10 Å². The Labute approximate surface area is 101 Å². The molecule has 0 aliphatic heterocycles. The maximum absolute atomic E-state index is 6.09. The Kier molecular flexibility index (Phi) is 5.60. The zero-order chi connectivity index (χ0) is 12.0. The van der Waals surface area contributed by atoms with Crippen LogP contribution in [0.2, 0.25) is 5.02 Å². The second-order valence-corrected chi connectivity index (χ2v) is 4.07. The molecule has 1 aromatic carbocycles. The lowest BCUT2D eigenvalue weighted by Gasteiger charge is -2.13. The second-order valence-electron chi connectivity index (χ2n) is 3.66. The third kappa shape index (κ3) is 4.00. The quantitative estimate of drug-likeness (QED) is 0.834. The van der Waals surface area contributed by atoms with Gasteiger partial charge in [-0.3, -0.25) is 0 Å². The number of nitrogens with two attached hydrogens (primary N) is 1. The number of benzene rings is 1. The van der Waals surface area contributed by atoms with Crippen molar-refractivity contribution in [2.75, 3.05) is 20.3 Å². The molecule has 0 radical (unpaired) electrons. The van der Waals surface area contributed by atoms with Crippen LogP contribution in [0.4, 0.5) is 0 Å². The Morgan fingerprint density at radius 1 is 1.44 bits per heavy atom. The number of halogens is 1. The van der Waals surface area contributed by atoms with Gasteiger partial charge in [0.15, 0.2) is 0 Å². The molecule has 0 saturated carbocycles. The van der Waals surface area contributed by atoms with Crippen LogP contribution in [-0.2, 0) is 11.2 Å². The van der Waals surface area contributed by atoms with Crippen molar-refractivity contribution in [3.05, 3.63) is 28.8 Å². The van der Waals surface area contributed by atoms with Gasteiger partial charge in [0.2, 0.25) is 0 Å². The van der Waals surface area contributed by atoms with E-state index in [0.717, 1.165) is 12.0 Å². The summed E-state index contributed by atoms with van der Waals surface area (Å²) in [6.45, 7) is 3.06. The molecule has 0 bridgehead atoms. The van der Waals surface area contributed by atoms with Gasteiger partial charge in [-0.05, 0) is 37.6 Å². The predicted octanol–water partition coefficient (Wildman–Crippen LogP) is 2.25. The van der Waals surface area contributed by atoms with Crippen LogP contribution in [-0.4, -0.2) is 26.4 Å². The Bertz CT molecular complexity index is 331. The van der Waals surface area contributed by atoms with Crippen molar-refractivity contribution >= 4 is 11.6 Å². The van der Waals surface area contributed by atoms with E-state index in [0.29, 0.717) is 23.9 Å². The molecule has 1 atom stereocenters. The summed E-state index contributed by atoms with van der Waals surface area (Å²) >= 11 is 6.09. The molecule has 4 heteroatoms. The molecule has 16 heavy (non-hydrogen) atoms. The summed E-state index contributed by atoms with van der Waals surface area (Å²) in [5.41, 5.74) is 6.60. The van der Waals surface area contributed by atoms with Gasteiger partial charge >= 0.3 is 0 Å². The summed E-state index contributed by atoms with van der Waals surface area (Å²) in [7, 11) is 1.65. The van der Waals surface area contributed by atoms with Crippen LogP contribution in [0.15, 0.2) is 18.2 Å². The molecule has 2 N–H and O–H groups in total. The molecule has 90 valence electrons. The van der Waals surface area contributed by atoms with Crippen molar-refractivity contribution in [2.45, 2.75) is 19.4 Å². The molecule has 0 spiro atoms.